The van der Waals surface area contributed by atoms with Crippen LogP contribution >= 0.6 is 0 Å². The van der Waals surface area contributed by atoms with E-state index in [-0.39, 0.29) is 24.0 Å². The lowest BCUT2D eigenvalue weighted by molar-refractivity contribution is -0.132. The zero-order valence-corrected chi connectivity index (χ0v) is 10.3. The molecule has 1 aliphatic carbocycles. The second kappa shape index (κ2) is 4.25. The number of likely N-dealkylation sites (tertiary alicyclic amines) is 1. The van der Waals surface area contributed by atoms with Gasteiger partial charge in [0.05, 0.1) is 12.6 Å². The number of aliphatic hydroxyl groups is 1. The molecular weight excluding hydrogens is 216 g/mol. The van der Waals surface area contributed by atoms with Crippen LogP contribution in [0.5, 0.6) is 0 Å². The van der Waals surface area contributed by atoms with Gasteiger partial charge in [-0.05, 0) is 38.1 Å². The average molecular weight is 238 g/mol. The van der Waals surface area contributed by atoms with Crippen LogP contribution in [0.1, 0.15) is 32.1 Å². The van der Waals surface area contributed by atoms with E-state index >= 15 is 0 Å². The van der Waals surface area contributed by atoms with Gasteiger partial charge in [0, 0.05) is 18.5 Å². The van der Waals surface area contributed by atoms with E-state index in [9.17, 15) is 9.90 Å². The molecule has 0 bridgehead atoms. The lowest BCUT2D eigenvalue weighted by Gasteiger charge is -2.26. The van der Waals surface area contributed by atoms with Crippen molar-refractivity contribution in [3.05, 3.63) is 0 Å². The topological polar surface area (TPSA) is 52.6 Å². The molecule has 2 saturated heterocycles. The first kappa shape index (κ1) is 11.5. The van der Waals surface area contributed by atoms with E-state index in [4.69, 9.17) is 0 Å². The first-order chi connectivity index (χ1) is 8.25. The number of aliphatic hydroxyl groups excluding tert-OH is 1. The molecule has 0 unspecified atom stereocenters. The van der Waals surface area contributed by atoms with E-state index in [0.717, 1.165) is 38.9 Å². The van der Waals surface area contributed by atoms with Crippen molar-refractivity contribution in [2.75, 3.05) is 26.2 Å². The van der Waals surface area contributed by atoms with E-state index in [1.165, 1.54) is 12.8 Å². The van der Waals surface area contributed by atoms with Crippen molar-refractivity contribution in [2.45, 2.75) is 38.1 Å². The third-order valence-electron chi connectivity index (χ3n) is 5.02. The van der Waals surface area contributed by atoms with Gasteiger partial charge in [0.1, 0.15) is 0 Å². The summed E-state index contributed by atoms with van der Waals surface area (Å²) in [5.74, 6) is 0.808. The molecule has 4 nitrogen and oxygen atoms in total. The van der Waals surface area contributed by atoms with Crippen molar-refractivity contribution >= 4 is 5.91 Å². The maximum atomic E-state index is 12.3. The first-order valence-corrected chi connectivity index (χ1v) is 6.88. The quantitative estimate of drug-likeness (QED) is 0.730. The fourth-order valence-electron chi connectivity index (χ4n) is 3.96. The molecule has 0 spiro atoms. The monoisotopic (exact) mass is 238 g/mol. The fourth-order valence-corrected chi connectivity index (χ4v) is 3.96. The summed E-state index contributed by atoms with van der Waals surface area (Å²) in [6.45, 7) is 2.88. The average Bonchev–Trinajstić information content (AvgIpc) is 3.03. The van der Waals surface area contributed by atoms with Crippen LogP contribution in [0.2, 0.25) is 0 Å². The third-order valence-corrected chi connectivity index (χ3v) is 5.02. The van der Waals surface area contributed by atoms with Gasteiger partial charge in [-0.1, -0.05) is 6.42 Å². The summed E-state index contributed by atoms with van der Waals surface area (Å²) >= 11 is 0. The van der Waals surface area contributed by atoms with Gasteiger partial charge >= 0.3 is 0 Å². The molecule has 2 aliphatic heterocycles. The number of rotatable bonds is 2. The number of carbonyl (C=O) groups is 1. The summed E-state index contributed by atoms with van der Waals surface area (Å²) in [6, 6.07) is 0.0459. The Morgan fingerprint density at radius 2 is 2.29 bits per heavy atom. The minimum absolute atomic E-state index is 0.0360. The molecule has 96 valence electrons. The summed E-state index contributed by atoms with van der Waals surface area (Å²) in [6.07, 6.45) is 5.58. The predicted molar refractivity (Wildman–Crippen MR) is 64.5 cm³/mol. The molecule has 3 atom stereocenters. The molecule has 3 aliphatic rings. The SMILES string of the molecule is O=C([C@@H]1CCCN1)N1C[C@@H]2CCC[C@@]2(CO)C1. The van der Waals surface area contributed by atoms with Crippen molar-refractivity contribution in [1.82, 2.24) is 10.2 Å². The molecule has 0 aromatic rings. The molecule has 1 saturated carbocycles. The molecule has 2 heterocycles. The summed E-state index contributed by atoms with van der Waals surface area (Å²) < 4.78 is 0. The van der Waals surface area contributed by atoms with E-state index in [0.29, 0.717) is 5.92 Å². The van der Waals surface area contributed by atoms with Gasteiger partial charge in [0.15, 0.2) is 0 Å². The summed E-state index contributed by atoms with van der Waals surface area (Å²) in [5.41, 5.74) is 0.0360. The lowest BCUT2D eigenvalue weighted by Crippen LogP contribution is -2.43. The Hall–Kier alpha value is -0.610. The maximum absolute atomic E-state index is 12.3. The molecule has 1 amide bonds. The Balaban J connectivity index is 1.69. The van der Waals surface area contributed by atoms with Gasteiger partial charge in [0.2, 0.25) is 5.91 Å². The molecule has 4 heteroatoms. The number of nitrogens with zero attached hydrogens (tertiary/aromatic N) is 1. The number of amides is 1. The summed E-state index contributed by atoms with van der Waals surface area (Å²) in [7, 11) is 0. The number of hydrogen-bond acceptors (Lipinski definition) is 3. The fraction of sp³-hybridized carbons (Fsp3) is 0.923. The molecule has 3 fully saturated rings. The van der Waals surface area contributed by atoms with Gasteiger partial charge in [-0.3, -0.25) is 4.79 Å². The van der Waals surface area contributed by atoms with Crippen molar-refractivity contribution < 1.29 is 9.90 Å². The van der Waals surface area contributed by atoms with Crippen LogP contribution in [0.15, 0.2) is 0 Å². The molecule has 0 aromatic carbocycles. The van der Waals surface area contributed by atoms with Gasteiger partial charge in [0.25, 0.3) is 0 Å². The minimum atomic E-state index is 0.0360. The Bertz CT molecular complexity index is 315. The number of nitrogens with one attached hydrogen (secondary N) is 1. The summed E-state index contributed by atoms with van der Waals surface area (Å²) in [4.78, 5) is 14.3. The number of hydrogen-bond donors (Lipinski definition) is 2. The highest BCUT2D eigenvalue weighted by atomic mass is 16.3. The van der Waals surface area contributed by atoms with Gasteiger partial charge in [-0.2, -0.15) is 0 Å². The second-order valence-corrected chi connectivity index (χ2v) is 5.98. The standard InChI is InChI=1S/C13H22N2O2/c16-9-13-5-1-3-10(13)7-15(8-13)12(17)11-4-2-6-14-11/h10-11,14,16H,1-9H2/t10-,11-,13-/m0/s1. The summed E-state index contributed by atoms with van der Waals surface area (Å²) in [5, 5.41) is 12.9. The van der Waals surface area contributed by atoms with E-state index in [1.807, 2.05) is 4.90 Å². The molecular formula is C13H22N2O2. The van der Waals surface area contributed by atoms with Crippen molar-refractivity contribution in [2.24, 2.45) is 11.3 Å². The predicted octanol–water partition coefficient (Wildman–Crippen LogP) is 0.359. The third kappa shape index (κ3) is 1.78. The highest BCUT2D eigenvalue weighted by Crippen LogP contribution is 2.48. The van der Waals surface area contributed by atoms with Crippen molar-refractivity contribution in [1.29, 1.82) is 0 Å². The van der Waals surface area contributed by atoms with E-state index in [2.05, 4.69) is 5.32 Å². The minimum Gasteiger partial charge on any atom is -0.396 e. The Kier molecular flexibility index (Phi) is 2.87. The Labute approximate surface area is 102 Å². The normalized spacial score (nSPS) is 40.9. The van der Waals surface area contributed by atoms with Crippen molar-refractivity contribution in [3.8, 4) is 0 Å². The van der Waals surface area contributed by atoms with Crippen LogP contribution in [0.4, 0.5) is 0 Å². The number of carbonyl (C=O) groups excluding carboxylic acids is 1. The van der Waals surface area contributed by atoms with Gasteiger partial charge in [-0.25, -0.2) is 0 Å². The van der Waals surface area contributed by atoms with Gasteiger partial charge < -0.3 is 15.3 Å². The van der Waals surface area contributed by atoms with Gasteiger partial charge in [-0.15, -0.1) is 0 Å². The van der Waals surface area contributed by atoms with Crippen molar-refractivity contribution in [3.63, 3.8) is 0 Å². The maximum Gasteiger partial charge on any atom is 0.239 e. The molecule has 0 radical (unpaired) electrons. The Morgan fingerprint density at radius 1 is 1.41 bits per heavy atom. The van der Waals surface area contributed by atoms with Crippen LogP contribution in [0.25, 0.3) is 0 Å². The highest BCUT2D eigenvalue weighted by molar-refractivity contribution is 5.82. The largest absolute Gasteiger partial charge is 0.396 e. The van der Waals surface area contributed by atoms with Crippen LogP contribution in [-0.2, 0) is 4.79 Å². The molecule has 3 rings (SSSR count). The Morgan fingerprint density at radius 3 is 2.94 bits per heavy atom. The lowest BCUT2D eigenvalue weighted by atomic mass is 9.82. The van der Waals surface area contributed by atoms with E-state index in [1.54, 1.807) is 0 Å². The van der Waals surface area contributed by atoms with E-state index < -0.39 is 0 Å². The highest BCUT2D eigenvalue weighted by Gasteiger charge is 2.50. The van der Waals surface area contributed by atoms with Crippen LogP contribution in [0, 0.1) is 11.3 Å². The molecule has 2 N–H and O–H groups in total. The smallest absolute Gasteiger partial charge is 0.239 e. The molecule has 17 heavy (non-hydrogen) atoms. The van der Waals surface area contributed by atoms with Crippen LogP contribution < -0.4 is 5.32 Å². The number of fused-ring (bicyclic) bond motifs is 1. The zero-order chi connectivity index (χ0) is 11.9. The van der Waals surface area contributed by atoms with Crippen LogP contribution in [0.3, 0.4) is 0 Å². The zero-order valence-electron chi connectivity index (χ0n) is 10.3. The molecule has 0 aromatic heterocycles. The first-order valence-electron chi connectivity index (χ1n) is 6.88. The van der Waals surface area contributed by atoms with Crippen LogP contribution in [-0.4, -0.2) is 48.2 Å². The second-order valence-electron chi connectivity index (χ2n) is 5.98.